The molecule has 1 aliphatic carbocycles. The minimum atomic E-state index is -4.76. The summed E-state index contributed by atoms with van der Waals surface area (Å²) in [5.41, 5.74) is -4.98. The molecule has 0 bridgehead atoms. The van der Waals surface area contributed by atoms with E-state index in [1.807, 2.05) is 5.32 Å². The number of amides is 2. The Kier molecular flexibility index (Phi) is 9.63. The van der Waals surface area contributed by atoms with Crippen LogP contribution in [0.2, 0.25) is 5.02 Å². The summed E-state index contributed by atoms with van der Waals surface area (Å²) in [5, 5.41) is 17.5. The van der Waals surface area contributed by atoms with Crippen molar-refractivity contribution in [2.45, 2.75) is 69.8 Å². The van der Waals surface area contributed by atoms with Gasteiger partial charge in [-0.05, 0) is 54.5 Å². The van der Waals surface area contributed by atoms with E-state index in [-0.39, 0.29) is 46.9 Å². The molecule has 12 nitrogen and oxygen atoms in total. The molecular formula is C34H32ClF6N9O3. The number of benzene rings is 2. The lowest BCUT2D eigenvalue weighted by atomic mass is 9.75. The third kappa shape index (κ3) is 7.23. The van der Waals surface area contributed by atoms with Crippen LogP contribution in [0, 0.1) is 16.6 Å². The van der Waals surface area contributed by atoms with Gasteiger partial charge in [0.15, 0.2) is 17.6 Å². The molecule has 1 saturated carbocycles. The van der Waals surface area contributed by atoms with Crippen LogP contribution in [0.4, 0.5) is 31.1 Å². The molecule has 3 heterocycles. The van der Waals surface area contributed by atoms with Gasteiger partial charge >= 0.3 is 12.3 Å². The quantitative estimate of drug-likeness (QED) is 0.146. The van der Waals surface area contributed by atoms with Gasteiger partial charge in [-0.15, -0.1) is 0 Å². The lowest BCUT2D eigenvalue weighted by molar-refractivity contribution is -0.164. The van der Waals surface area contributed by atoms with Gasteiger partial charge in [0.25, 0.3) is 12.3 Å². The molecule has 2 aliphatic rings. The number of nitrogens with one attached hydrogen (secondary N) is 3. The van der Waals surface area contributed by atoms with Crippen LogP contribution in [0.15, 0.2) is 61.2 Å². The molecule has 1 saturated heterocycles. The number of alkyl carbamates (subject to hydrolysis) is 1. The first kappa shape index (κ1) is 37.5. The molecule has 1 aliphatic heterocycles. The molecule has 2 fully saturated rings. The summed E-state index contributed by atoms with van der Waals surface area (Å²) in [7, 11) is 0. The number of halogens is 7. The summed E-state index contributed by atoms with van der Waals surface area (Å²) in [6, 6.07) is 8.03. The van der Waals surface area contributed by atoms with Crippen LogP contribution in [-0.2, 0) is 15.1 Å². The number of guanidine groups is 1. The number of ether oxygens (including phenoxy) is 1. The minimum absolute atomic E-state index is 0.0494. The molecule has 280 valence electrons. The SMILES string of the molecule is CC(C)(C)C[C@]1(c2ccc(-c3ncccn3)cc2F)NC(=N)N([C@H](COC(=O)NC2(C(F)(F)F)CC2)c2ccc(Cl)c(-n3ncnc3C(F)F)c2)C1=O. The maximum Gasteiger partial charge on any atom is 0.411 e. The highest BCUT2D eigenvalue weighted by Gasteiger charge is 2.65. The highest BCUT2D eigenvalue weighted by atomic mass is 35.5. The first-order valence-electron chi connectivity index (χ1n) is 16.1. The number of nitrogens with zero attached hydrogens (tertiary/aromatic N) is 6. The molecule has 6 rings (SSSR count). The van der Waals surface area contributed by atoms with Crippen molar-refractivity contribution < 1.29 is 40.7 Å². The Morgan fingerprint density at radius 1 is 1.09 bits per heavy atom. The van der Waals surface area contributed by atoms with Crippen molar-refractivity contribution in [3.63, 3.8) is 0 Å². The standard InChI is InChI=1S/C34H32ClF6N9O3/c1-31(2,3)16-33(20-7-5-19(13-22(20)36)26-43-11-4-12-44-26)28(51)49(29(42)47-33)24(15-53-30(52)48-32(9-10-32)34(39,40)41)18-6-8-21(35)23(14-18)50-27(25(37)38)45-17-46-50/h4-8,11-14,17,24-25H,9-10,15-16H2,1-3H3,(H2,42,47)(H,48,52)/t24-,33-/m1/s1. The lowest BCUT2D eigenvalue weighted by Crippen LogP contribution is -2.49. The highest BCUT2D eigenvalue weighted by Crippen LogP contribution is 2.49. The average Bonchev–Trinajstić information content (AvgIpc) is 3.63. The number of hydrogen-bond acceptors (Lipinski definition) is 8. The zero-order valence-electron chi connectivity index (χ0n) is 28.3. The normalized spacial score (nSPS) is 19.0. The largest absolute Gasteiger partial charge is 0.447 e. The summed E-state index contributed by atoms with van der Waals surface area (Å²) in [5.74, 6) is -2.81. The van der Waals surface area contributed by atoms with Gasteiger partial charge in [0, 0.05) is 23.5 Å². The Balaban J connectivity index is 1.43. The molecule has 0 unspecified atom stereocenters. The van der Waals surface area contributed by atoms with E-state index in [2.05, 4.69) is 25.4 Å². The summed E-state index contributed by atoms with van der Waals surface area (Å²) in [6.07, 6.45) is -6.26. The van der Waals surface area contributed by atoms with Crippen LogP contribution in [0.25, 0.3) is 17.1 Å². The molecule has 2 aromatic heterocycles. The van der Waals surface area contributed by atoms with Crippen molar-refractivity contribution in [2.24, 2.45) is 5.41 Å². The first-order chi connectivity index (χ1) is 24.9. The van der Waals surface area contributed by atoms with Gasteiger partial charge in [-0.1, -0.05) is 50.6 Å². The molecule has 0 radical (unpaired) electrons. The zero-order chi connectivity index (χ0) is 38.5. The molecule has 4 aromatic rings. The number of alkyl halides is 5. The summed E-state index contributed by atoms with van der Waals surface area (Å²) < 4.78 is 90.8. The smallest absolute Gasteiger partial charge is 0.411 e. The van der Waals surface area contributed by atoms with Gasteiger partial charge in [-0.3, -0.25) is 15.1 Å². The zero-order valence-corrected chi connectivity index (χ0v) is 29.1. The number of carbonyl (C=O) groups excluding carboxylic acids is 2. The number of rotatable bonds is 10. The van der Waals surface area contributed by atoms with E-state index < -0.39 is 71.3 Å². The minimum Gasteiger partial charge on any atom is -0.447 e. The molecule has 2 aromatic carbocycles. The van der Waals surface area contributed by atoms with Crippen molar-refractivity contribution in [2.75, 3.05) is 6.61 Å². The lowest BCUT2D eigenvalue weighted by Gasteiger charge is -2.35. The Morgan fingerprint density at radius 3 is 2.40 bits per heavy atom. The Morgan fingerprint density at radius 2 is 1.79 bits per heavy atom. The van der Waals surface area contributed by atoms with Crippen LogP contribution in [0.1, 0.15) is 69.5 Å². The monoisotopic (exact) mass is 763 g/mol. The van der Waals surface area contributed by atoms with E-state index in [1.165, 1.54) is 42.7 Å². The van der Waals surface area contributed by atoms with Crippen LogP contribution in [0.5, 0.6) is 0 Å². The predicted molar refractivity (Wildman–Crippen MR) is 177 cm³/mol. The molecule has 3 N–H and O–H groups in total. The molecular weight excluding hydrogens is 732 g/mol. The van der Waals surface area contributed by atoms with Crippen LogP contribution < -0.4 is 10.6 Å². The van der Waals surface area contributed by atoms with Crippen LogP contribution in [0.3, 0.4) is 0 Å². The topological polar surface area (TPSA) is 151 Å². The van der Waals surface area contributed by atoms with E-state index in [1.54, 1.807) is 26.8 Å². The van der Waals surface area contributed by atoms with Gasteiger partial charge in [-0.2, -0.15) is 18.3 Å². The Bertz CT molecular complexity index is 2050. The molecule has 53 heavy (non-hydrogen) atoms. The van der Waals surface area contributed by atoms with E-state index >= 15 is 4.39 Å². The fourth-order valence-electron chi connectivity index (χ4n) is 6.36. The average molecular weight is 764 g/mol. The Labute approximate surface area is 303 Å². The summed E-state index contributed by atoms with van der Waals surface area (Å²) >= 11 is 6.39. The maximum absolute atomic E-state index is 16.2. The second-order valence-electron chi connectivity index (χ2n) is 13.9. The van der Waals surface area contributed by atoms with Crippen LogP contribution in [-0.4, -0.2) is 65.9 Å². The van der Waals surface area contributed by atoms with Gasteiger partial charge in [0.1, 0.15) is 29.8 Å². The Hall–Kier alpha value is -5.26. The van der Waals surface area contributed by atoms with Gasteiger partial charge in [0.2, 0.25) is 0 Å². The predicted octanol–water partition coefficient (Wildman–Crippen LogP) is 7.01. The number of aromatic nitrogens is 5. The molecule has 2 amide bonds. The second-order valence-corrected chi connectivity index (χ2v) is 14.3. The van der Waals surface area contributed by atoms with E-state index in [4.69, 9.17) is 21.7 Å². The van der Waals surface area contributed by atoms with Crippen molar-refractivity contribution in [3.8, 4) is 17.1 Å². The number of hydrogen-bond donors (Lipinski definition) is 3. The van der Waals surface area contributed by atoms with Crippen LogP contribution >= 0.6 is 11.6 Å². The second kappa shape index (κ2) is 13.6. The van der Waals surface area contributed by atoms with Gasteiger partial charge in [-0.25, -0.2) is 37.6 Å². The van der Waals surface area contributed by atoms with Gasteiger partial charge in [0.05, 0.1) is 16.8 Å². The maximum atomic E-state index is 16.2. The first-order valence-corrected chi connectivity index (χ1v) is 16.5. The van der Waals surface area contributed by atoms with Gasteiger partial charge < -0.3 is 15.4 Å². The van der Waals surface area contributed by atoms with Crippen molar-refractivity contribution in [1.29, 1.82) is 5.41 Å². The molecule has 0 spiro atoms. The summed E-state index contributed by atoms with van der Waals surface area (Å²) in [6.45, 7) is 4.56. The van der Waals surface area contributed by atoms with Crippen molar-refractivity contribution in [1.82, 2.24) is 40.3 Å². The number of carbonyl (C=O) groups is 2. The van der Waals surface area contributed by atoms with E-state index in [0.29, 0.717) is 5.56 Å². The highest BCUT2D eigenvalue weighted by molar-refractivity contribution is 6.32. The fourth-order valence-corrected chi connectivity index (χ4v) is 6.55. The van der Waals surface area contributed by atoms with Crippen molar-refractivity contribution >= 4 is 29.6 Å². The van der Waals surface area contributed by atoms with E-state index in [0.717, 1.165) is 22.0 Å². The third-order valence-corrected chi connectivity index (χ3v) is 9.19. The van der Waals surface area contributed by atoms with Crippen molar-refractivity contribution in [3.05, 3.63) is 89.0 Å². The molecule has 19 heteroatoms. The fraction of sp³-hybridized carbons (Fsp3) is 0.382. The van der Waals surface area contributed by atoms with E-state index in [9.17, 15) is 31.5 Å². The summed E-state index contributed by atoms with van der Waals surface area (Å²) in [4.78, 5) is 40.4. The molecule has 2 atom stereocenters. The third-order valence-electron chi connectivity index (χ3n) is 8.88.